The van der Waals surface area contributed by atoms with Gasteiger partial charge in [0.2, 0.25) is 0 Å². The largest absolute Gasteiger partial charge is 0.489 e. The lowest BCUT2D eigenvalue weighted by Gasteiger charge is -2.09. The topological polar surface area (TPSA) is 147 Å². The lowest BCUT2D eigenvalue weighted by Crippen LogP contribution is -2.25. The molecule has 5 aromatic rings. The number of tetrazole rings is 1. The molecule has 12 heteroatoms. The Kier molecular flexibility index (Phi) is 7.53. The Balaban J connectivity index is 1.31. The molecule has 0 aliphatic carbocycles. The third kappa shape index (κ3) is 5.74. The molecule has 0 aliphatic rings. The molecule has 0 unspecified atom stereocenters. The van der Waals surface area contributed by atoms with Crippen molar-refractivity contribution < 1.29 is 9.66 Å². The first-order valence-electron chi connectivity index (χ1n) is 12.5. The summed E-state index contributed by atoms with van der Waals surface area (Å²) >= 11 is 0. The van der Waals surface area contributed by atoms with E-state index in [1.54, 1.807) is 16.7 Å². The summed E-state index contributed by atoms with van der Waals surface area (Å²) < 4.78 is 8.64. The van der Waals surface area contributed by atoms with Crippen LogP contribution in [-0.2, 0) is 19.6 Å². The van der Waals surface area contributed by atoms with Gasteiger partial charge in [0.15, 0.2) is 5.82 Å². The van der Waals surface area contributed by atoms with Crippen LogP contribution in [0.2, 0.25) is 0 Å². The molecule has 0 saturated heterocycles. The molecular formula is C27H26N8O4. The molecule has 0 saturated carbocycles. The minimum absolute atomic E-state index is 0.151. The second-order valence-corrected chi connectivity index (χ2v) is 8.93. The maximum Gasteiger partial charge on any atom is 0.351 e. The van der Waals surface area contributed by atoms with Crippen molar-refractivity contribution in [3.63, 3.8) is 0 Å². The molecular weight excluding hydrogens is 500 g/mol. The van der Waals surface area contributed by atoms with Gasteiger partial charge in [-0.15, -0.1) is 10.2 Å². The quantitative estimate of drug-likeness (QED) is 0.200. The van der Waals surface area contributed by atoms with Gasteiger partial charge in [0.05, 0.1) is 11.5 Å². The molecule has 0 amide bonds. The monoisotopic (exact) mass is 526 g/mol. The molecule has 12 nitrogen and oxygen atoms in total. The number of hydrogen-bond donors (Lipinski definition) is 1. The summed E-state index contributed by atoms with van der Waals surface area (Å²) in [5.74, 6) is 1.88. The van der Waals surface area contributed by atoms with Gasteiger partial charge in [0, 0.05) is 18.1 Å². The lowest BCUT2D eigenvalue weighted by atomic mass is 10.1. The number of aromatic nitrogens is 7. The van der Waals surface area contributed by atoms with Crippen molar-refractivity contribution in [1.82, 2.24) is 35.0 Å². The number of unbranched alkanes of at least 4 members (excludes halogenated alkanes) is 1. The van der Waals surface area contributed by atoms with Gasteiger partial charge in [-0.05, 0) is 46.2 Å². The summed E-state index contributed by atoms with van der Waals surface area (Å²) in [6.07, 6.45) is 2.36. The number of hydrogen-bond acceptors (Lipinski definition) is 8. The van der Waals surface area contributed by atoms with Crippen LogP contribution in [-0.4, -0.2) is 39.9 Å². The third-order valence-electron chi connectivity index (χ3n) is 6.24. The minimum Gasteiger partial charge on any atom is -0.489 e. The molecule has 3 aromatic carbocycles. The highest BCUT2D eigenvalue weighted by molar-refractivity contribution is 5.54. The molecule has 39 heavy (non-hydrogen) atoms. The molecule has 198 valence electrons. The fourth-order valence-electron chi connectivity index (χ4n) is 4.15. The number of nitrogens with zero attached hydrogens (tertiary/aromatic N) is 7. The van der Waals surface area contributed by atoms with Crippen molar-refractivity contribution in [2.24, 2.45) is 0 Å². The molecule has 0 bridgehead atoms. The number of benzene rings is 3. The second-order valence-electron chi connectivity index (χ2n) is 8.93. The fraction of sp³-hybridized carbons (Fsp3) is 0.222. The van der Waals surface area contributed by atoms with E-state index < -0.39 is 10.6 Å². The molecule has 1 N–H and O–H groups in total. The number of ether oxygens (including phenoxy) is 1. The molecule has 0 aliphatic heterocycles. The highest BCUT2D eigenvalue weighted by Gasteiger charge is 2.21. The van der Waals surface area contributed by atoms with Crippen molar-refractivity contribution in [3.8, 4) is 22.8 Å². The van der Waals surface area contributed by atoms with Gasteiger partial charge in [-0.2, -0.15) is 4.68 Å². The number of H-pyrrole nitrogens is 1. The Morgan fingerprint density at radius 3 is 2.44 bits per heavy atom. The van der Waals surface area contributed by atoms with Crippen LogP contribution in [0, 0.1) is 10.1 Å². The molecule has 0 radical (unpaired) electrons. The van der Waals surface area contributed by atoms with Crippen LogP contribution in [0.15, 0.2) is 77.6 Å². The van der Waals surface area contributed by atoms with Crippen molar-refractivity contribution in [2.45, 2.75) is 39.3 Å². The first-order chi connectivity index (χ1) is 19.0. The summed E-state index contributed by atoms with van der Waals surface area (Å²) in [4.78, 5) is 24.4. The average molecular weight is 527 g/mol. The third-order valence-corrected chi connectivity index (χ3v) is 6.24. The van der Waals surface area contributed by atoms with Crippen LogP contribution in [0.5, 0.6) is 5.75 Å². The van der Waals surface area contributed by atoms with E-state index in [0.717, 1.165) is 34.2 Å². The Hall–Kier alpha value is -5.13. The van der Waals surface area contributed by atoms with Crippen molar-refractivity contribution in [1.29, 1.82) is 0 Å². The van der Waals surface area contributed by atoms with E-state index in [1.807, 2.05) is 48.5 Å². The normalized spacial score (nSPS) is 11.0. The highest BCUT2D eigenvalue weighted by Crippen LogP contribution is 2.21. The van der Waals surface area contributed by atoms with Crippen molar-refractivity contribution in [3.05, 3.63) is 110 Å². The van der Waals surface area contributed by atoms with Gasteiger partial charge in [-0.3, -0.25) is 14.7 Å². The lowest BCUT2D eigenvalue weighted by molar-refractivity contribution is -0.384. The van der Waals surface area contributed by atoms with Crippen molar-refractivity contribution >= 4 is 5.69 Å². The number of nitro groups is 1. The maximum atomic E-state index is 13.4. The predicted octanol–water partition coefficient (Wildman–Crippen LogP) is 4.09. The summed E-state index contributed by atoms with van der Waals surface area (Å²) in [6, 6.07) is 21.4. The smallest absolute Gasteiger partial charge is 0.351 e. The van der Waals surface area contributed by atoms with E-state index >= 15 is 0 Å². The van der Waals surface area contributed by atoms with E-state index in [-0.39, 0.29) is 17.9 Å². The first kappa shape index (κ1) is 25.5. The summed E-state index contributed by atoms with van der Waals surface area (Å²) in [5, 5.41) is 29.8. The first-order valence-corrected chi connectivity index (χ1v) is 12.5. The van der Waals surface area contributed by atoms with E-state index in [9.17, 15) is 14.9 Å². The molecule has 2 heterocycles. The fourth-order valence-corrected chi connectivity index (χ4v) is 4.15. The van der Waals surface area contributed by atoms with Gasteiger partial charge in [-0.1, -0.05) is 61.9 Å². The Morgan fingerprint density at radius 1 is 1.00 bits per heavy atom. The highest BCUT2D eigenvalue weighted by atomic mass is 16.6. The van der Waals surface area contributed by atoms with Crippen LogP contribution < -0.4 is 10.4 Å². The molecule has 0 atom stereocenters. The number of aryl methyl sites for hydroxylation is 1. The zero-order chi connectivity index (χ0) is 27.2. The maximum absolute atomic E-state index is 13.4. The summed E-state index contributed by atoms with van der Waals surface area (Å²) in [6.45, 7) is 2.73. The molecule has 5 rings (SSSR count). The van der Waals surface area contributed by atoms with Crippen LogP contribution in [0.4, 0.5) is 5.69 Å². The zero-order valence-corrected chi connectivity index (χ0v) is 21.2. The summed E-state index contributed by atoms with van der Waals surface area (Å²) in [5.41, 5.74) is 2.32. The number of aromatic amines is 1. The Labute approximate surface area is 223 Å². The Bertz CT molecular complexity index is 1610. The second kappa shape index (κ2) is 11.5. The van der Waals surface area contributed by atoms with Gasteiger partial charge in [0.1, 0.15) is 23.9 Å². The van der Waals surface area contributed by atoms with Gasteiger partial charge in [-0.25, -0.2) is 9.89 Å². The molecule has 2 aromatic heterocycles. The standard InChI is InChI=1S/C27H26N8O4/c1-2-3-8-25-30-34(23-6-4-5-7-24(23)35(37)38)27(36)33(25)17-19-11-15-22(16-12-19)39-18-20-9-13-21(14-10-20)26-28-31-32-29-26/h4-7,9-16H,2-3,8,17-18H2,1H3,(H,28,29,31,32). The number of nitro benzene ring substituents is 1. The zero-order valence-electron chi connectivity index (χ0n) is 21.2. The van der Waals surface area contributed by atoms with Gasteiger partial charge >= 0.3 is 5.69 Å². The predicted molar refractivity (Wildman–Crippen MR) is 143 cm³/mol. The molecule has 0 fully saturated rings. The molecule has 0 spiro atoms. The summed E-state index contributed by atoms with van der Waals surface area (Å²) in [7, 11) is 0. The van der Waals surface area contributed by atoms with Gasteiger partial charge in [0.25, 0.3) is 5.69 Å². The Morgan fingerprint density at radius 2 is 1.74 bits per heavy atom. The minimum atomic E-state index is -0.506. The van der Waals surface area contributed by atoms with E-state index in [1.165, 1.54) is 12.1 Å². The SMILES string of the molecule is CCCCc1nn(-c2ccccc2[N+](=O)[O-])c(=O)n1Cc1ccc(OCc2ccc(-c3nnn[nH]3)cc2)cc1. The van der Waals surface area contributed by atoms with E-state index in [2.05, 4.69) is 32.6 Å². The van der Waals surface area contributed by atoms with Crippen LogP contribution in [0.25, 0.3) is 17.1 Å². The van der Waals surface area contributed by atoms with Crippen LogP contribution in [0.1, 0.15) is 36.7 Å². The van der Waals surface area contributed by atoms with Crippen LogP contribution >= 0.6 is 0 Å². The van der Waals surface area contributed by atoms with Crippen molar-refractivity contribution in [2.75, 3.05) is 0 Å². The number of nitrogens with one attached hydrogen (secondary N) is 1. The van der Waals surface area contributed by atoms with E-state index in [0.29, 0.717) is 30.4 Å². The van der Waals surface area contributed by atoms with Crippen LogP contribution in [0.3, 0.4) is 0 Å². The van der Waals surface area contributed by atoms with Gasteiger partial charge < -0.3 is 4.74 Å². The average Bonchev–Trinajstić information content (AvgIpc) is 3.61. The number of para-hydroxylation sites is 2. The van der Waals surface area contributed by atoms with E-state index in [4.69, 9.17) is 4.74 Å². The number of rotatable bonds is 11.